The molecule has 0 aliphatic carbocycles. The number of nitrogens with two attached hydrogens (primary N) is 1. The highest BCUT2D eigenvalue weighted by molar-refractivity contribution is 6.29. The van der Waals surface area contributed by atoms with Crippen LogP contribution in [0.2, 0.25) is 5.15 Å². The SMILES string of the molecule is CCc1ccc(CC(NN)c2ccnc(Cl)c2)nc1. The summed E-state index contributed by atoms with van der Waals surface area (Å²) in [6.07, 6.45) is 5.28. The molecule has 3 N–H and O–H groups in total. The molecule has 0 aromatic carbocycles. The van der Waals surface area contributed by atoms with Crippen molar-refractivity contribution in [1.29, 1.82) is 0 Å². The zero-order valence-electron chi connectivity index (χ0n) is 10.8. The Kier molecular flexibility index (Phi) is 4.85. The molecule has 2 aromatic heterocycles. The monoisotopic (exact) mass is 276 g/mol. The van der Waals surface area contributed by atoms with Crippen molar-refractivity contribution < 1.29 is 0 Å². The molecule has 4 nitrogen and oxygen atoms in total. The largest absolute Gasteiger partial charge is 0.271 e. The highest BCUT2D eigenvalue weighted by Crippen LogP contribution is 2.19. The van der Waals surface area contributed by atoms with Crippen molar-refractivity contribution in [3.8, 4) is 0 Å². The Morgan fingerprint density at radius 3 is 2.74 bits per heavy atom. The Labute approximate surface area is 118 Å². The third-order valence-electron chi connectivity index (χ3n) is 3.06. The molecule has 19 heavy (non-hydrogen) atoms. The van der Waals surface area contributed by atoms with Gasteiger partial charge in [-0.15, -0.1) is 0 Å². The molecule has 0 fully saturated rings. The van der Waals surface area contributed by atoms with Gasteiger partial charge in [0.15, 0.2) is 0 Å². The number of hydrogen-bond donors (Lipinski definition) is 2. The number of rotatable bonds is 5. The maximum atomic E-state index is 5.89. The third kappa shape index (κ3) is 3.73. The molecular formula is C14H17ClN4. The van der Waals surface area contributed by atoms with Crippen molar-refractivity contribution in [1.82, 2.24) is 15.4 Å². The predicted molar refractivity (Wildman–Crippen MR) is 76.6 cm³/mol. The van der Waals surface area contributed by atoms with Crippen LogP contribution < -0.4 is 11.3 Å². The maximum Gasteiger partial charge on any atom is 0.129 e. The Hall–Kier alpha value is -1.49. The van der Waals surface area contributed by atoms with E-state index in [4.69, 9.17) is 17.4 Å². The number of nitrogens with one attached hydrogen (secondary N) is 1. The Morgan fingerprint density at radius 1 is 1.32 bits per heavy atom. The van der Waals surface area contributed by atoms with Crippen molar-refractivity contribution in [3.05, 3.63) is 58.6 Å². The molecule has 5 heteroatoms. The van der Waals surface area contributed by atoms with Crippen LogP contribution in [0.3, 0.4) is 0 Å². The van der Waals surface area contributed by atoms with Gasteiger partial charge in [0.05, 0.1) is 6.04 Å². The molecule has 1 atom stereocenters. The first-order chi connectivity index (χ1) is 9.22. The first kappa shape index (κ1) is 13.9. The average Bonchev–Trinajstić information content (AvgIpc) is 2.45. The van der Waals surface area contributed by atoms with E-state index in [0.717, 1.165) is 17.7 Å². The number of hydrazine groups is 1. The fourth-order valence-electron chi connectivity index (χ4n) is 1.90. The second-order valence-corrected chi connectivity index (χ2v) is 4.73. The molecule has 1 unspecified atom stereocenters. The molecule has 0 aliphatic heterocycles. The number of pyridine rings is 2. The number of hydrogen-bond acceptors (Lipinski definition) is 4. The zero-order chi connectivity index (χ0) is 13.7. The maximum absolute atomic E-state index is 5.89. The van der Waals surface area contributed by atoms with Gasteiger partial charge in [-0.3, -0.25) is 16.3 Å². The Bertz CT molecular complexity index is 527. The van der Waals surface area contributed by atoms with E-state index in [1.54, 1.807) is 6.20 Å². The fourth-order valence-corrected chi connectivity index (χ4v) is 2.08. The lowest BCUT2D eigenvalue weighted by Crippen LogP contribution is -2.29. The summed E-state index contributed by atoms with van der Waals surface area (Å²) in [6, 6.07) is 7.81. The number of aryl methyl sites for hydroxylation is 1. The number of aromatic nitrogens is 2. The third-order valence-corrected chi connectivity index (χ3v) is 3.27. The lowest BCUT2D eigenvalue weighted by Gasteiger charge is -2.16. The summed E-state index contributed by atoms with van der Waals surface area (Å²) in [5.74, 6) is 5.62. The second-order valence-electron chi connectivity index (χ2n) is 4.35. The molecule has 0 amide bonds. The molecule has 0 aliphatic rings. The van der Waals surface area contributed by atoms with E-state index in [9.17, 15) is 0 Å². The summed E-state index contributed by atoms with van der Waals surface area (Å²) < 4.78 is 0. The van der Waals surface area contributed by atoms with Crippen molar-refractivity contribution in [3.63, 3.8) is 0 Å². The standard InChI is InChI=1S/C14H17ClN4/c1-2-10-3-4-12(18-9-10)8-13(19-16)11-5-6-17-14(15)7-11/h3-7,9,13,19H,2,8,16H2,1H3. The first-order valence-corrected chi connectivity index (χ1v) is 6.62. The topological polar surface area (TPSA) is 63.8 Å². The molecule has 0 spiro atoms. The van der Waals surface area contributed by atoms with Crippen molar-refractivity contribution >= 4 is 11.6 Å². The molecule has 0 saturated heterocycles. The summed E-state index contributed by atoms with van der Waals surface area (Å²) in [5.41, 5.74) is 6.02. The van der Waals surface area contributed by atoms with E-state index in [2.05, 4.69) is 28.4 Å². The van der Waals surface area contributed by atoms with Gasteiger partial charge in [-0.05, 0) is 35.7 Å². The van der Waals surface area contributed by atoms with Gasteiger partial charge in [-0.1, -0.05) is 24.6 Å². The van der Waals surface area contributed by atoms with Gasteiger partial charge < -0.3 is 0 Å². The van der Waals surface area contributed by atoms with Crippen LogP contribution in [-0.4, -0.2) is 9.97 Å². The molecule has 2 heterocycles. The van der Waals surface area contributed by atoms with Gasteiger partial charge in [-0.2, -0.15) is 0 Å². The van der Waals surface area contributed by atoms with E-state index in [1.807, 2.05) is 24.4 Å². The quantitative estimate of drug-likeness (QED) is 0.500. The molecular weight excluding hydrogens is 260 g/mol. The second kappa shape index (κ2) is 6.61. The summed E-state index contributed by atoms with van der Waals surface area (Å²) in [7, 11) is 0. The highest BCUT2D eigenvalue weighted by Gasteiger charge is 2.12. The van der Waals surface area contributed by atoms with Crippen molar-refractivity contribution in [2.75, 3.05) is 0 Å². The summed E-state index contributed by atoms with van der Waals surface area (Å²) in [4.78, 5) is 8.41. The Morgan fingerprint density at radius 2 is 2.16 bits per heavy atom. The van der Waals surface area contributed by atoms with Crippen LogP contribution in [0.25, 0.3) is 0 Å². The predicted octanol–water partition coefficient (Wildman–Crippen LogP) is 2.44. The smallest absolute Gasteiger partial charge is 0.129 e. The highest BCUT2D eigenvalue weighted by atomic mass is 35.5. The van der Waals surface area contributed by atoms with Gasteiger partial charge in [-0.25, -0.2) is 4.98 Å². The van der Waals surface area contributed by atoms with Gasteiger partial charge in [0, 0.05) is 24.5 Å². The van der Waals surface area contributed by atoms with Gasteiger partial charge in [0.25, 0.3) is 0 Å². The number of halogens is 1. The molecule has 2 rings (SSSR count). The van der Waals surface area contributed by atoms with Crippen LogP contribution in [0.5, 0.6) is 0 Å². The summed E-state index contributed by atoms with van der Waals surface area (Å²) >= 11 is 5.89. The summed E-state index contributed by atoms with van der Waals surface area (Å²) in [6.45, 7) is 2.11. The van der Waals surface area contributed by atoms with Gasteiger partial charge in [0.2, 0.25) is 0 Å². The van der Waals surface area contributed by atoms with Crippen LogP contribution >= 0.6 is 11.6 Å². The fraction of sp³-hybridized carbons (Fsp3) is 0.286. The van der Waals surface area contributed by atoms with Crippen LogP contribution in [0, 0.1) is 0 Å². The minimum absolute atomic E-state index is 0.0273. The van der Waals surface area contributed by atoms with Crippen molar-refractivity contribution in [2.24, 2.45) is 5.84 Å². The van der Waals surface area contributed by atoms with Crippen molar-refractivity contribution in [2.45, 2.75) is 25.8 Å². The molecule has 2 aromatic rings. The lowest BCUT2D eigenvalue weighted by atomic mass is 10.0. The lowest BCUT2D eigenvalue weighted by molar-refractivity contribution is 0.545. The number of nitrogens with zero attached hydrogens (tertiary/aromatic N) is 2. The Balaban J connectivity index is 2.14. The van der Waals surface area contributed by atoms with Gasteiger partial charge in [0.1, 0.15) is 5.15 Å². The zero-order valence-corrected chi connectivity index (χ0v) is 11.6. The van der Waals surface area contributed by atoms with E-state index in [0.29, 0.717) is 11.6 Å². The van der Waals surface area contributed by atoms with Crippen LogP contribution in [0.1, 0.15) is 29.8 Å². The molecule has 0 radical (unpaired) electrons. The van der Waals surface area contributed by atoms with E-state index in [1.165, 1.54) is 5.56 Å². The minimum Gasteiger partial charge on any atom is -0.271 e. The van der Waals surface area contributed by atoms with E-state index in [-0.39, 0.29) is 6.04 Å². The van der Waals surface area contributed by atoms with E-state index >= 15 is 0 Å². The molecule has 0 bridgehead atoms. The summed E-state index contributed by atoms with van der Waals surface area (Å²) in [5, 5.41) is 0.465. The normalized spacial score (nSPS) is 12.4. The molecule has 0 saturated carbocycles. The first-order valence-electron chi connectivity index (χ1n) is 6.24. The van der Waals surface area contributed by atoms with Crippen LogP contribution in [0.4, 0.5) is 0 Å². The van der Waals surface area contributed by atoms with Crippen LogP contribution in [-0.2, 0) is 12.8 Å². The van der Waals surface area contributed by atoms with Gasteiger partial charge >= 0.3 is 0 Å². The molecule has 100 valence electrons. The van der Waals surface area contributed by atoms with E-state index < -0.39 is 0 Å². The minimum atomic E-state index is -0.0273. The average molecular weight is 277 g/mol. The van der Waals surface area contributed by atoms with Crippen LogP contribution in [0.15, 0.2) is 36.7 Å².